The van der Waals surface area contributed by atoms with Gasteiger partial charge in [0.2, 0.25) is 5.91 Å². The Morgan fingerprint density at radius 1 is 1.24 bits per heavy atom. The molecule has 0 aromatic heterocycles. The average Bonchev–Trinajstić information content (AvgIpc) is 3.28. The summed E-state index contributed by atoms with van der Waals surface area (Å²) >= 11 is 0. The zero-order chi connectivity index (χ0) is 21.0. The van der Waals surface area contributed by atoms with Gasteiger partial charge in [0.1, 0.15) is 13.2 Å². The topological polar surface area (TPSA) is 71.1 Å². The van der Waals surface area contributed by atoms with Crippen LogP contribution in [0.25, 0.3) is 0 Å². The molecule has 1 aliphatic carbocycles. The van der Waals surface area contributed by atoms with Crippen molar-refractivity contribution in [3.63, 3.8) is 0 Å². The van der Waals surface area contributed by atoms with Crippen LogP contribution in [0.2, 0.25) is 0 Å². The van der Waals surface area contributed by atoms with Crippen LogP contribution in [0.15, 0.2) is 30.3 Å². The molecule has 3 rings (SSSR count). The van der Waals surface area contributed by atoms with Crippen LogP contribution in [0.1, 0.15) is 25.8 Å². The number of carbonyl (C=O) groups is 2. The molecule has 7 nitrogen and oxygen atoms in total. The number of hydrogen-bond donors (Lipinski definition) is 1. The smallest absolute Gasteiger partial charge is 0.407 e. The highest BCUT2D eigenvalue weighted by Crippen LogP contribution is 2.42. The second-order valence-corrected chi connectivity index (χ2v) is 8.39. The van der Waals surface area contributed by atoms with E-state index in [2.05, 4.69) is 24.1 Å². The fourth-order valence-corrected chi connectivity index (χ4v) is 4.65. The maximum Gasteiger partial charge on any atom is 0.407 e. The van der Waals surface area contributed by atoms with Gasteiger partial charge in [-0.3, -0.25) is 4.79 Å². The summed E-state index contributed by atoms with van der Waals surface area (Å²) in [5.74, 6) is 0.868. The summed E-state index contributed by atoms with van der Waals surface area (Å²) in [7, 11) is 3.53. The third-order valence-electron chi connectivity index (χ3n) is 6.36. The third-order valence-corrected chi connectivity index (χ3v) is 6.36. The van der Waals surface area contributed by atoms with Crippen molar-refractivity contribution in [3.05, 3.63) is 35.9 Å². The van der Waals surface area contributed by atoms with Crippen LogP contribution in [0, 0.1) is 11.8 Å². The Morgan fingerprint density at radius 2 is 1.97 bits per heavy atom. The molecular weight excluding hydrogens is 370 g/mol. The van der Waals surface area contributed by atoms with Gasteiger partial charge in [0.05, 0.1) is 12.1 Å². The molecule has 2 fully saturated rings. The molecule has 0 bridgehead atoms. The lowest BCUT2D eigenvalue weighted by molar-refractivity contribution is -0.133. The van der Waals surface area contributed by atoms with Crippen LogP contribution < -0.4 is 5.32 Å². The molecule has 0 radical (unpaired) electrons. The molecule has 0 spiro atoms. The minimum Gasteiger partial charge on any atom is -0.445 e. The Morgan fingerprint density at radius 3 is 2.62 bits per heavy atom. The van der Waals surface area contributed by atoms with Gasteiger partial charge in [0.25, 0.3) is 0 Å². The molecule has 2 aliphatic rings. The molecule has 1 saturated carbocycles. The predicted octanol–water partition coefficient (Wildman–Crippen LogP) is 2.11. The first-order valence-corrected chi connectivity index (χ1v) is 10.4. The second kappa shape index (κ2) is 9.59. The fourth-order valence-electron chi connectivity index (χ4n) is 4.65. The minimum absolute atomic E-state index is 0.0303. The van der Waals surface area contributed by atoms with Crippen molar-refractivity contribution >= 4 is 12.0 Å². The summed E-state index contributed by atoms with van der Waals surface area (Å²) in [4.78, 5) is 28.8. The van der Waals surface area contributed by atoms with Crippen LogP contribution in [-0.4, -0.2) is 73.8 Å². The summed E-state index contributed by atoms with van der Waals surface area (Å²) in [5, 5.41) is 2.56. The Hall–Kier alpha value is -2.12. The number of nitrogens with zero attached hydrogens (tertiary/aromatic N) is 2. The van der Waals surface area contributed by atoms with E-state index in [-0.39, 0.29) is 31.2 Å². The Balaban J connectivity index is 1.47. The normalized spacial score (nSPS) is 26.4. The number of likely N-dealkylation sites (N-methyl/N-ethyl adjacent to an activating group) is 1. The first-order valence-electron chi connectivity index (χ1n) is 10.4. The monoisotopic (exact) mass is 403 g/mol. The molecule has 4 atom stereocenters. The summed E-state index contributed by atoms with van der Waals surface area (Å²) in [5.41, 5.74) is 0.905. The van der Waals surface area contributed by atoms with Crippen molar-refractivity contribution in [3.8, 4) is 0 Å². The van der Waals surface area contributed by atoms with Gasteiger partial charge in [-0.25, -0.2) is 4.79 Å². The Bertz CT molecular complexity index is 697. The van der Waals surface area contributed by atoms with E-state index in [1.165, 1.54) is 0 Å². The van der Waals surface area contributed by atoms with Gasteiger partial charge < -0.3 is 24.6 Å². The van der Waals surface area contributed by atoms with E-state index in [9.17, 15) is 9.59 Å². The molecule has 1 saturated heterocycles. The lowest BCUT2D eigenvalue weighted by Gasteiger charge is -2.32. The fraction of sp³-hybridized carbons (Fsp3) is 0.636. The van der Waals surface area contributed by atoms with Crippen molar-refractivity contribution in [2.24, 2.45) is 11.8 Å². The largest absolute Gasteiger partial charge is 0.445 e. The summed E-state index contributed by atoms with van der Waals surface area (Å²) in [6.07, 6.45) is 0.380. The van der Waals surface area contributed by atoms with Crippen LogP contribution in [0.4, 0.5) is 4.79 Å². The molecule has 2 amide bonds. The molecule has 4 unspecified atom stereocenters. The lowest BCUT2D eigenvalue weighted by atomic mass is 9.99. The Kier molecular flexibility index (Phi) is 7.14. The number of methoxy groups -OCH3 is 1. The highest BCUT2D eigenvalue weighted by atomic mass is 16.5. The number of carbonyl (C=O) groups excluding carboxylic acids is 2. The summed E-state index contributed by atoms with van der Waals surface area (Å²) in [6.45, 7) is 6.62. The van der Waals surface area contributed by atoms with Gasteiger partial charge in [-0.1, -0.05) is 30.3 Å². The molecule has 1 N–H and O–H groups in total. The van der Waals surface area contributed by atoms with Crippen LogP contribution in [0.5, 0.6) is 0 Å². The number of likely N-dealkylation sites (tertiary alicyclic amines) is 1. The number of alkyl carbamates (subject to hydrolysis) is 1. The molecule has 1 aromatic rings. The first-order chi connectivity index (χ1) is 13.9. The van der Waals surface area contributed by atoms with Gasteiger partial charge in [0.15, 0.2) is 0 Å². The number of ether oxygens (including phenoxy) is 2. The van der Waals surface area contributed by atoms with Crippen molar-refractivity contribution in [1.82, 2.24) is 15.1 Å². The molecule has 29 heavy (non-hydrogen) atoms. The van der Waals surface area contributed by atoms with E-state index in [1.807, 2.05) is 30.3 Å². The molecule has 1 heterocycles. The molecule has 7 heteroatoms. The standard InChI is InChI=1S/C22H33N3O4/c1-15(2)25-12-17-10-19(21(28-4)18(17)13-25)24(3)20(26)11-23-22(27)29-14-16-8-6-5-7-9-16/h5-9,15,17-19,21H,10-14H2,1-4H3,(H,23,27). The molecule has 1 aromatic carbocycles. The van der Waals surface area contributed by atoms with Gasteiger partial charge in [0, 0.05) is 39.2 Å². The number of amides is 2. The Labute approximate surface area is 173 Å². The van der Waals surface area contributed by atoms with Crippen LogP contribution in [-0.2, 0) is 20.9 Å². The maximum absolute atomic E-state index is 12.7. The number of nitrogens with one attached hydrogen (secondary N) is 1. The van der Waals surface area contributed by atoms with Crippen molar-refractivity contribution in [1.29, 1.82) is 0 Å². The minimum atomic E-state index is -0.588. The van der Waals surface area contributed by atoms with E-state index >= 15 is 0 Å². The highest BCUT2D eigenvalue weighted by Gasteiger charge is 2.50. The second-order valence-electron chi connectivity index (χ2n) is 8.39. The van der Waals surface area contributed by atoms with E-state index in [0.717, 1.165) is 25.1 Å². The average molecular weight is 404 g/mol. The number of benzene rings is 1. The van der Waals surface area contributed by atoms with Gasteiger partial charge in [-0.2, -0.15) is 0 Å². The van der Waals surface area contributed by atoms with Crippen LogP contribution >= 0.6 is 0 Å². The number of rotatable bonds is 7. The van der Waals surface area contributed by atoms with Gasteiger partial charge in [-0.15, -0.1) is 0 Å². The van der Waals surface area contributed by atoms with E-state index in [0.29, 0.717) is 17.9 Å². The highest BCUT2D eigenvalue weighted by molar-refractivity contribution is 5.82. The SMILES string of the molecule is COC1C2CN(C(C)C)CC2CC1N(C)C(=O)CNC(=O)OCc1ccccc1. The number of fused-ring (bicyclic) bond motifs is 1. The van der Waals surface area contributed by atoms with Crippen molar-refractivity contribution in [2.75, 3.05) is 33.8 Å². The summed E-state index contributed by atoms with van der Waals surface area (Å²) < 4.78 is 11.0. The lowest BCUT2D eigenvalue weighted by Crippen LogP contribution is -2.48. The molecule has 1 aliphatic heterocycles. The van der Waals surface area contributed by atoms with Crippen molar-refractivity contribution < 1.29 is 19.1 Å². The van der Waals surface area contributed by atoms with E-state index in [1.54, 1.807) is 19.1 Å². The van der Waals surface area contributed by atoms with Gasteiger partial charge in [-0.05, 0) is 31.7 Å². The molecular formula is C22H33N3O4. The third kappa shape index (κ3) is 5.08. The number of hydrogen-bond acceptors (Lipinski definition) is 5. The van der Waals surface area contributed by atoms with E-state index < -0.39 is 6.09 Å². The van der Waals surface area contributed by atoms with Crippen molar-refractivity contribution in [2.45, 2.75) is 45.1 Å². The zero-order valence-corrected chi connectivity index (χ0v) is 17.8. The van der Waals surface area contributed by atoms with Crippen LogP contribution in [0.3, 0.4) is 0 Å². The zero-order valence-electron chi connectivity index (χ0n) is 17.8. The quantitative estimate of drug-likeness (QED) is 0.755. The molecule has 160 valence electrons. The first kappa shape index (κ1) is 21.6. The maximum atomic E-state index is 12.7. The summed E-state index contributed by atoms with van der Waals surface area (Å²) in [6, 6.07) is 10.0. The predicted molar refractivity (Wildman–Crippen MR) is 110 cm³/mol. The van der Waals surface area contributed by atoms with E-state index in [4.69, 9.17) is 9.47 Å². The van der Waals surface area contributed by atoms with Gasteiger partial charge >= 0.3 is 6.09 Å².